The molecule has 0 spiro atoms. The molecule has 138 valence electrons. The second-order valence-corrected chi connectivity index (χ2v) is 6.94. The van der Waals surface area contributed by atoms with Gasteiger partial charge < -0.3 is 10.0 Å². The number of nitrogens with zero attached hydrogens (tertiary/aromatic N) is 3. The van der Waals surface area contributed by atoms with Gasteiger partial charge in [0.2, 0.25) is 5.91 Å². The molecule has 0 radical (unpaired) electrons. The molecular weight excluding hydrogens is 362 g/mol. The maximum atomic E-state index is 12.1. The van der Waals surface area contributed by atoms with Crippen molar-refractivity contribution in [3.63, 3.8) is 0 Å². The molecule has 0 aliphatic rings. The zero-order chi connectivity index (χ0) is 19.4. The largest absolute Gasteiger partial charge is 0.465 e. The van der Waals surface area contributed by atoms with Crippen LogP contribution in [0.15, 0.2) is 60.0 Å². The maximum absolute atomic E-state index is 12.1. The van der Waals surface area contributed by atoms with Gasteiger partial charge in [0.05, 0.1) is 12.2 Å². The van der Waals surface area contributed by atoms with Crippen LogP contribution in [0.25, 0.3) is 11.3 Å². The fourth-order valence-corrected chi connectivity index (χ4v) is 3.51. The molecule has 0 atom stereocenters. The summed E-state index contributed by atoms with van der Waals surface area (Å²) in [6.07, 6.45) is -0.985. The lowest BCUT2D eigenvalue weighted by Crippen LogP contribution is -2.23. The molecule has 0 saturated carbocycles. The molecule has 7 heteroatoms. The molecule has 0 aliphatic heterocycles. The molecule has 0 aliphatic carbocycles. The van der Waals surface area contributed by atoms with Crippen LogP contribution in [0.1, 0.15) is 11.9 Å². The molecule has 2 amide bonds. The van der Waals surface area contributed by atoms with Gasteiger partial charge in [0.15, 0.2) is 0 Å². The lowest BCUT2D eigenvalue weighted by atomic mass is 10.1. The van der Waals surface area contributed by atoms with Gasteiger partial charge in [-0.1, -0.05) is 30.3 Å². The Hall–Kier alpha value is -3.19. The molecule has 0 saturated heterocycles. The number of amides is 2. The van der Waals surface area contributed by atoms with Crippen LogP contribution in [0.4, 0.5) is 16.2 Å². The molecule has 0 unspecified atom stereocenters. The Bertz CT molecular complexity index is 939. The molecular formula is C20H19N3O3S. The Morgan fingerprint density at radius 2 is 1.67 bits per heavy atom. The number of thiazole rings is 1. The Morgan fingerprint density at radius 3 is 2.26 bits per heavy atom. The lowest BCUT2D eigenvalue weighted by Gasteiger charge is -2.21. The predicted octanol–water partition coefficient (Wildman–Crippen LogP) is 4.60. The number of hydrogen-bond acceptors (Lipinski definition) is 4. The fraction of sp³-hybridized carbons (Fsp3) is 0.150. The number of benzene rings is 2. The Balaban J connectivity index is 1.82. The number of aromatic nitrogens is 1. The number of anilines is 2. The van der Waals surface area contributed by atoms with Crippen LogP contribution in [-0.4, -0.2) is 34.0 Å². The zero-order valence-electron chi connectivity index (χ0n) is 15.0. The third-order valence-electron chi connectivity index (χ3n) is 4.00. The first kappa shape index (κ1) is 18.6. The average Bonchev–Trinajstić information content (AvgIpc) is 3.11. The van der Waals surface area contributed by atoms with Crippen LogP contribution in [0, 0.1) is 0 Å². The van der Waals surface area contributed by atoms with Crippen molar-refractivity contribution in [2.75, 3.05) is 11.9 Å². The fourth-order valence-electron chi connectivity index (χ4n) is 2.66. The van der Waals surface area contributed by atoms with Crippen LogP contribution in [0.3, 0.4) is 0 Å². The third-order valence-corrected chi connectivity index (χ3v) is 4.83. The van der Waals surface area contributed by atoms with Crippen LogP contribution in [0.2, 0.25) is 0 Å². The standard InChI is InChI=1S/C20H19N3O3S/c1-14(24)23(16-6-4-3-5-7-16)17-10-8-15(9-11-17)18-13-27-19(21-18)12-22(2)20(25)26/h3-11,13H,12H2,1-2H3,(H,25,26). The molecule has 6 nitrogen and oxygen atoms in total. The smallest absolute Gasteiger partial charge is 0.407 e. The van der Waals surface area contributed by atoms with Crippen molar-refractivity contribution in [3.8, 4) is 11.3 Å². The normalized spacial score (nSPS) is 10.4. The minimum absolute atomic E-state index is 0.0680. The molecule has 0 fully saturated rings. The summed E-state index contributed by atoms with van der Waals surface area (Å²) in [6.45, 7) is 1.79. The zero-order valence-corrected chi connectivity index (χ0v) is 15.8. The highest BCUT2D eigenvalue weighted by molar-refractivity contribution is 7.09. The first-order valence-corrected chi connectivity index (χ1v) is 9.18. The summed E-state index contributed by atoms with van der Waals surface area (Å²) < 4.78 is 0. The number of rotatable bonds is 5. The van der Waals surface area contributed by atoms with Gasteiger partial charge in [0.25, 0.3) is 0 Å². The molecule has 2 aromatic carbocycles. The van der Waals surface area contributed by atoms with Crippen LogP contribution >= 0.6 is 11.3 Å². The van der Waals surface area contributed by atoms with Gasteiger partial charge in [-0.2, -0.15) is 0 Å². The number of carbonyl (C=O) groups excluding carboxylic acids is 1. The van der Waals surface area contributed by atoms with Gasteiger partial charge in [-0.25, -0.2) is 9.78 Å². The van der Waals surface area contributed by atoms with Crippen molar-refractivity contribution in [2.45, 2.75) is 13.5 Å². The van der Waals surface area contributed by atoms with Crippen molar-refractivity contribution < 1.29 is 14.7 Å². The Labute approximate surface area is 161 Å². The van der Waals surface area contributed by atoms with Crippen molar-refractivity contribution in [3.05, 3.63) is 65.0 Å². The highest BCUT2D eigenvalue weighted by atomic mass is 32.1. The summed E-state index contributed by atoms with van der Waals surface area (Å²) in [4.78, 5) is 30.4. The first-order chi connectivity index (χ1) is 13.0. The summed E-state index contributed by atoms with van der Waals surface area (Å²) in [5.74, 6) is -0.0680. The summed E-state index contributed by atoms with van der Waals surface area (Å²) in [7, 11) is 1.51. The van der Waals surface area contributed by atoms with Gasteiger partial charge in [0.1, 0.15) is 5.01 Å². The summed E-state index contributed by atoms with van der Waals surface area (Å²) in [5.41, 5.74) is 3.29. The monoisotopic (exact) mass is 381 g/mol. The van der Waals surface area contributed by atoms with E-state index in [0.29, 0.717) is 0 Å². The third kappa shape index (κ3) is 4.32. The predicted molar refractivity (Wildman–Crippen MR) is 106 cm³/mol. The van der Waals surface area contributed by atoms with Gasteiger partial charge in [-0.05, 0) is 24.3 Å². The molecule has 0 bridgehead atoms. The van der Waals surface area contributed by atoms with Crippen molar-refractivity contribution in [1.82, 2.24) is 9.88 Å². The number of carboxylic acid groups (broad SMARTS) is 1. The van der Waals surface area contributed by atoms with Crippen molar-refractivity contribution in [1.29, 1.82) is 0 Å². The number of carbonyl (C=O) groups is 2. The van der Waals surface area contributed by atoms with E-state index in [-0.39, 0.29) is 12.5 Å². The molecule has 27 heavy (non-hydrogen) atoms. The summed E-state index contributed by atoms with van der Waals surface area (Å²) in [5, 5.41) is 11.6. The number of para-hydroxylation sites is 1. The SMILES string of the molecule is CC(=O)N(c1ccccc1)c1ccc(-c2csc(CN(C)C(=O)O)n2)cc1. The summed E-state index contributed by atoms with van der Waals surface area (Å²) >= 11 is 1.42. The quantitative estimate of drug-likeness (QED) is 0.701. The van der Waals surface area contributed by atoms with E-state index in [4.69, 9.17) is 5.11 Å². The topological polar surface area (TPSA) is 73.7 Å². The van der Waals surface area contributed by atoms with Gasteiger partial charge >= 0.3 is 6.09 Å². The summed E-state index contributed by atoms with van der Waals surface area (Å²) in [6, 6.07) is 17.1. The second kappa shape index (κ2) is 8.01. The minimum Gasteiger partial charge on any atom is -0.465 e. The lowest BCUT2D eigenvalue weighted by molar-refractivity contribution is -0.115. The van der Waals surface area contributed by atoms with Gasteiger partial charge in [-0.3, -0.25) is 9.69 Å². The van der Waals surface area contributed by atoms with E-state index in [1.165, 1.54) is 30.2 Å². The first-order valence-electron chi connectivity index (χ1n) is 8.30. The molecule has 3 aromatic rings. The minimum atomic E-state index is -0.985. The van der Waals surface area contributed by atoms with Gasteiger partial charge in [0, 0.05) is 36.3 Å². The van der Waals surface area contributed by atoms with Crippen molar-refractivity contribution in [2.24, 2.45) is 0 Å². The average molecular weight is 381 g/mol. The van der Waals surface area contributed by atoms with Crippen LogP contribution in [0.5, 0.6) is 0 Å². The van der Waals surface area contributed by atoms with E-state index < -0.39 is 6.09 Å². The van der Waals surface area contributed by atoms with E-state index in [0.717, 1.165) is 27.6 Å². The Kier molecular flexibility index (Phi) is 5.52. The van der Waals surface area contributed by atoms with Crippen LogP contribution in [-0.2, 0) is 11.3 Å². The Morgan fingerprint density at radius 1 is 1.04 bits per heavy atom. The molecule has 1 N–H and O–H groups in total. The molecule has 3 rings (SSSR count). The van der Waals surface area contributed by atoms with E-state index in [1.807, 2.05) is 60.0 Å². The van der Waals surface area contributed by atoms with E-state index in [2.05, 4.69) is 4.98 Å². The highest BCUT2D eigenvalue weighted by Gasteiger charge is 2.15. The van der Waals surface area contributed by atoms with Crippen molar-refractivity contribution >= 4 is 34.7 Å². The van der Waals surface area contributed by atoms with Gasteiger partial charge in [-0.15, -0.1) is 11.3 Å². The van der Waals surface area contributed by atoms with E-state index in [9.17, 15) is 9.59 Å². The number of hydrogen-bond donors (Lipinski definition) is 1. The maximum Gasteiger partial charge on any atom is 0.407 e. The van der Waals surface area contributed by atoms with Crippen LogP contribution < -0.4 is 4.90 Å². The highest BCUT2D eigenvalue weighted by Crippen LogP contribution is 2.29. The second-order valence-electron chi connectivity index (χ2n) is 6.00. The van der Waals surface area contributed by atoms with E-state index >= 15 is 0 Å². The molecule has 1 aromatic heterocycles. The molecule has 1 heterocycles. The van der Waals surface area contributed by atoms with E-state index in [1.54, 1.807) is 4.90 Å².